The zero-order valence-corrected chi connectivity index (χ0v) is 11.4. The van der Waals surface area contributed by atoms with E-state index in [-0.39, 0.29) is 11.9 Å². The predicted molar refractivity (Wildman–Crippen MR) is 70.8 cm³/mol. The van der Waals surface area contributed by atoms with Crippen molar-refractivity contribution in [1.82, 2.24) is 10.2 Å². The van der Waals surface area contributed by atoms with Crippen LogP contribution in [0, 0.1) is 0 Å². The topological polar surface area (TPSA) is 58.4 Å². The monoisotopic (exact) mass is 241 g/mol. The first-order valence-electron chi connectivity index (χ1n) is 6.87. The molecule has 1 fully saturated rings. The van der Waals surface area contributed by atoms with Crippen LogP contribution in [0.4, 0.5) is 0 Å². The zero-order chi connectivity index (χ0) is 12.8. The molecule has 0 aromatic heterocycles. The molecule has 0 bridgehead atoms. The van der Waals surface area contributed by atoms with E-state index in [2.05, 4.69) is 24.1 Å². The van der Waals surface area contributed by atoms with Crippen LogP contribution in [0.15, 0.2) is 0 Å². The van der Waals surface area contributed by atoms with Crippen LogP contribution in [0.1, 0.15) is 46.5 Å². The summed E-state index contributed by atoms with van der Waals surface area (Å²) in [5, 5.41) is 2.97. The van der Waals surface area contributed by atoms with Gasteiger partial charge in [-0.2, -0.15) is 0 Å². The van der Waals surface area contributed by atoms with E-state index in [4.69, 9.17) is 5.73 Å². The Bertz CT molecular complexity index is 245. The number of amides is 1. The molecule has 100 valence electrons. The summed E-state index contributed by atoms with van der Waals surface area (Å²) < 4.78 is 0. The normalized spacial score (nSPS) is 27.8. The maximum absolute atomic E-state index is 12.0. The third kappa shape index (κ3) is 3.68. The minimum Gasteiger partial charge on any atom is -0.355 e. The lowest BCUT2D eigenvalue weighted by molar-refractivity contribution is -0.128. The maximum atomic E-state index is 12.0. The van der Waals surface area contributed by atoms with Crippen LogP contribution in [0.25, 0.3) is 0 Å². The van der Waals surface area contributed by atoms with Gasteiger partial charge in [0.2, 0.25) is 5.91 Å². The second kappa shape index (κ2) is 6.97. The molecule has 4 nitrogen and oxygen atoms in total. The van der Waals surface area contributed by atoms with Crippen molar-refractivity contribution in [2.24, 2.45) is 5.73 Å². The van der Waals surface area contributed by atoms with Crippen LogP contribution in [-0.4, -0.2) is 42.0 Å². The molecule has 0 aromatic rings. The third-order valence-corrected chi connectivity index (χ3v) is 3.74. The highest BCUT2D eigenvalue weighted by Crippen LogP contribution is 2.24. The number of carbonyl (C=O) groups excluding carboxylic acids is 1. The molecule has 1 rings (SSSR count). The van der Waals surface area contributed by atoms with Crippen LogP contribution in [-0.2, 0) is 4.79 Å². The average Bonchev–Trinajstić information content (AvgIpc) is 2.34. The van der Waals surface area contributed by atoms with Gasteiger partial charge in [0.25, 0.3) is 0 Å². The van der Waals surface area contributed by atoms with E-state index in [1.54, 1.807) is 0 Å². The van der Waals surface area contributed by atoms with E-state index in [1.165, 1.54) is 12.8 Å². The Labute approximate surface area is 105 Å². The van der Waals surface area contributed by atoms with Gasteiger partial charge >= 0.3 is 0 Å². The summed E-state index contributed by atoms with van der Waals surface area (Å²) in [7, 11) is 0. The Morgan fingerprint density at radius 2 is 2.24 bits per heavy atom. The number of hydrogen-bond acceptors (Lipinski definition) is 3. The summed E-state index contributed by atoms with van der Waals surface area (Å²) >= 11 is 0. The summed E-state index contributed by atoms with van der Waals surface area (Å²) in [6.45, 7) is 7.67. The number of rotatable bonds is 5. The molecule has 0 saturated carbocycles. The molecule has 0 radical (unpaired) electrons. The Morgan fingerprint density at radius 3 is 2.82 bits per heavy atom. The van der Waals surface area contributed by atoms with Gasteiger partial charge in [-0.25, -0.2) is 0 Å². The fourth-order valence-corrected chi connectivity index (χ4v) is 2.78. The first kappa shape index (κ1) is 14.5. The van der Waals surface area contributed by atoms with Gasteiger partial charge < -0.3 is 11.1 Å². The second-order valence-corrected chi connectivity index (χ2v) is 5.08. The van der Waals surface area contributed by atoms with Gasteiger partial charge in [0.1, 0.15) is 0 Å². The Hall–Kier alpha value is -0.610. The van der Waals surface area contributed by atoms with Gasteiger partial charge in [0.15, 0.2) is 0 Å². The Kier molecular flexibility index (Phi) is 5.92. The minimum atomic E-state index is -0.0644. The number of nitrogens with zero attached hydrogens (tertiary/aromatic N) is 1. The highest BCUT2D eigenvalue weighted by atomic mass is 16.2. The lowest BCUT2D eigenvalue weighted by atomic mass is 9.94. The van der Waals surface area contributed by atoms with Gasteiger partial charge in [-0.3, -0.25) is 9.69 Å². The zero-order valence-electron chi connectivity index (χ0n) is 11.4. The van der Waals surface area contributed by atoms with Gasteiger partial charge in [-0.1, -0.05) is 13.3 Å². The third-order valence-electron chi connectivity index (χ3n) is 3.74. The van der Waals surface area contributed by atoms with Crippen molar-refractivity contribution in [3.63, 3.8) is 0 Å². The van der Waals surface area contributed by atoms with E-state index in [0.717, 1.165) is 19.4 Å². The van der Waals surface area contributed by atoms with Crippen molar-refractivity contribution < 1.29 is 4.79 Å². The van der Waals surface area contributed by atoms with Crippen molar-refractivity contribution in [2.75, 3.05) is 13.1 Å². The SMILES string of the molecule is CCCNC(=O)C(C)N1C(C)CCCC1CN. The summed E-state index contributed by atoms with van der Waals surface area (Å²) in [4.78, 5) is 14.3. The Balaban J connectivity index is 2.62. The number of nitrogens with two attached hydrogens (primary N) is 1. The van der Waals surface area contributed by atoms with Gasteiger partial charge in [0, 0.05) is 25.2 Å². The number of nitrogens with one attached hydrogen (secondary N) is 1. The molecule has 0 spiro atoms. The van der Waals surface area contributed by atoms with Crippen LogP contribution in [0.3, 0.4) is 0 Å². The van der Waals surface area contributed by atoms with Crippen molar-refractivity contribution >= 4 is 5.91 Å². The lowest BCUT2D eigenvalue weighted by Crippen LogP contribution is -2.57. The van der Waals surface area contributed by atoms with Crippen LogP contribution < -0.4 is 11.1 Å². The molecule has 1 amide bonds. The molecule has 1 aliphatic heterocycles. The second-order valence-electron chi connectivity index (χ2n) is 5.08. The van der Waals surface area contributed by atoms with Gasteiger partial charge in [-0.05, 0) is 33.1 Å². The molecule has 3 unspecified atom stereocenters. The molecule has 1 aliphatic rings. The molecule has 0 aromatic carbocycles. The summed E-state index contributed by atoms with van der Waals surface area (Å²) in [6, 6.07) is 0.756. The van der Waals surface area contributed by atoms with Crippen molar-refractivity contribution in [3.8, 4) is 0 Å². The van der Waals surface area contributed by atoms with E-state index in [1.807, 2.05) is 6.92 Å². The smallest absolute Gasteiger partial charge is 0.237 e. The van der Waals surface area contributed by atoms with E-state index >= 15 is 0 Å². The molecule has 4 heteroatoms. The molecular weight excluding hydrogens is 214 g/mol. The first-order valence-corrected chi connectivity index (χ1v) is 6.87. The summed E-state index contributed by atoms with van der Waals surface area (Å²) in [5.41, 5.74) is 5.82. The molecule has 1 saturated heterocycles. The molecular formula is C13H27N3O. The number of likely N-dealkylation sites (tertiary alicyclic amines) is 1. The highest BCUT2D eigenvalue weighted by Gasteiger charge is 2.33. The van der Waals surface area contributed by atoms with Crippen LogP contribution in [0.2, 0.25) is 0 Å². The molecule has 17 heavy (non-hydrogen) atoms. The largest absolute Gasteiger partial charge is 0.355 e. The fourth-order valence-electron chi connectivity index (χ4n) is 2.78. The average molecular weight is 241 g/mol. The van der Waals surface area contributed by atoms with Crippen molar-refractivity contribution in [1.29, 1.82) is 0 Å². The predicted octanol–water partition coefficient (Wildman–Crippen LogP) is 1.10. The molecule has 3 N–H and O–H groups in total. The molecule has 3 atom stereocenters. The standard InChI is InChI=1S/C13H27N3O/c1-4-8-15-13(17)11(3)16-10(2)6-5-7-12(16)9-14/h10-12H,4-9,14H2,1-3H3,(H,15,17). The molecule has 1 heterocycles. The first-order chi connectivity index (χ1) is 8.11. The van der Waals surface area contributed by atoms with Crippen LogP contribution in [0.5, 0.6) is 0 Å². The van der Waals surface area contributed by atoms with Crippen molar-refractivity contribution in [2.45, 2.75) is 64.6 Å². The number of hydrogen-bond donors (Lipinski definition) is 2. The van der Waals surface area contributed by atoms with E-state index < -0.39 is 0 Å². The van der Waals surface area contributed by atoms with E-state index in [0.29, 0.717) is 18.6 Å². The number of piperidine rings is 1. The minimum absolute atomic E-state index is 0.0644. The van der Waals surface area contributed by atoms with Gasteiger partial charge in [0.05, 0.1) is 6.04 Å². The quantitative estimate of drug-likeness (QED) is 0.758. The van der Waals surface area contributed by atoms with E-state index in [9.17, 15) is 4.79 Å². The highest BCUT2D eigenvalue weighted by molar-refractivity contribution is 5.81. The van der Waals surface area contributed by atoms with Crippen molar-refractivity contribution in [3.05, 3.63) is 0 Å². The Morgan fingerprint density at radius 1 is 1.53 bits per heavy atom. The maximum Gasteiger partial charge on any atom is 0.237 e. The lowest BCUT2D eigenvalue weighted by Gasteiger charge is -2.43. The number of carbonyl (C=O) groups is 1. The van der Waals surface area contributed by atoms with Gasteiger partial charge in [-0.15, -0.1) is 0 Å². The fraction of sp³-hybridized carbons (Fsp3) is 0.923. The summed E-state index contributed by atoms with van der Waals surface area (Å²) in [6.07, 6.45) is 4.49. The summed E-state index contributed by atoms with van der Waals surface area (Å²) in [5.74, 6) is 0.138. The van der Waals surface area contributed by atoms with Crippen LogP contribution >= 0.6 is 0 Å². The molecule has 0 aliphatic carbocycles.